The van der Waals surface area contributed by atoms with Gasteiger partial charge in [-0.25, -0.2) is 13.6 Å². The predicted octanol–water partition coefficient (Wildman–Crippen LogP) is 6.76. The lowest BCUT2D eigenvalue weighted by Gasteiger charge is -2.42. The summed E-state index contributed by atoms with van der Waals surface area (Å²) in [7, 11) is -6.05. The highest BCUT2D eigenvalue weighted by molar-refractivity contribution is 7.88. The third kappa shape index (κ3) is 6.84. The highest BCUT2D eigenvalue weighted by Crippen LogP contribution is 2.43. The Hall–Kier alpha value is -4.58. The second kappa shape index (κ2) is 13.3. The molecule has 0 aliphatic carbocycles. The number of nitrogens with zero attached hydrogens (tertiary/aromatic N) is 6. The van der Waals surface area contributed by atoms with E-state index in [2.05, 4.69) is 19.1 Å². The van der Waals surface area contributed by atoms with E-state index in [0.717, 1.165) is 25.1 Å². The number of carbonyl (C=O) groups excluding carboxylic acids is 1. The number of piperazine rings is 1. The summed E-state index contributed by atoms with van der Waals surface area (Å²) in [4.78, 5) is 32.6. The maximum absolute atomic E-state index is 17.1. The molecule has 4 aliphatic rings. The topological polar surface area (TPSA) is 127 Å². The van der Waals surface area contributed by atoms with Crippen molar-refractivity contribution in [1.29, 1.82) is 0 Å². The number of amides is 1. The van der Waals surface area contributed by atoms with Gasteiger partial charge in [-0.15, -0.1) is 0 Å². The van der Waals surface area contributed by atoms with E-state index in [0.29, 0.717) is 50.1 Å². The molecule has 8 rings (SSSR count). The van der Waals surface area contributed by atoms with Crippen molar-refractivity contribution in [2.24, 2.45) is 0 Å². The van der Waals surface area contributed by atoms with E-state index in [9.17, 15) is 30.8 Å². The number of alkyl halides is 4. The lowest BCUT2D eigenvalue weighted by atomic mass is 9.95. The van der Waals surface area contributed by atoms with Gasteiger partial charge in [0, 0.05) is 37.8 Å². The molecule has 4 aliphatic heterocycles. The standard InChI is InChI=1S/C37H39F5N6O6S/c1-35(2,3)53-34(49)48-23-9-10-24(48)19-46(18-23)32-28-16-43-30(27-14-25(54-55(50,51)37(40,41)42)13-21-7-4-5-8-26(21)27)29(39)31(28)44-33(45-32)52-20-36-11-6-12-47(36)17-22(38)15-36/h4-5,7-8,13-14,16,22-24H,6,9-12,15,17-20H2,1-3H3/t22-,23-,24+,36+/m1/s1. The molecule has 4 fully saturated rings. The zero-order chi connectivity index (χ0) is 39.1. The van der Waals surface area contributed by atoms with E-state index in [1.807, 2.05) is 4.90 Å². The fraction of sp³-hybridized carbons (Fsp3) is 0.514. The minimum Gasteiger partial charge on any atom is -0.461 e. The second-order valence-electron chi connectivity index (χ2n) is 15.7. The van der Waals surface area contributed by atoms with Crippen molar-refractivity contribution in [3.8, 4) is 23.0 Å². The SMILES string of the molecule is CC(C)(C)OC(=O)N1[C@@H]2CC[C@H]1CN(c1nc(OC[C@@]34CCCN3C[C@H](F)C4)nc3c(F)c(-c4cc(OS(=O)(=O)C(F)(F)F)cc5ccccc45)ncc13)C2. The Bertz CT molecular complexity index is 2280. The molecule has 4 atom stereocenters. The average molecular weight is 791 g/mol. The molecule has 6 heterocycles. The summed E-state index contributed by atoms with van der Waals surface area (Å²) in [5.41, 5.74) is -7.54. The number of fused-ring (bicyclic) bond motifs is 5. The molecular formula is C37H39F5N6O6S. The van der Waals surface area contributed by atoms with Gasteiger partial charge in [0.15, 0.2) is 5.82 Å². The van der Waals surface area contributed by atoms with Crippen molar-refractivity contribution in [3.05, 3.63) is 48.4 Å². The van der Waals surface area contributed by atoms with Crippen LogP contribution in [0.3, 0.4) is 0 Å². The van der Waals surface area contributed by atoms with Crippen LogP contribution in [0, 0.1) is 5.82 Å². The van der Waals surface area contributed by atoms with E-state index in [4.69, 9.17) is 14.5 Å². The molecule has 2 aromatic carbocycles. The number of hydrogen-bond donors (Lipinski definition) is 0. The first-order valence-corrected chi connectivity index (χ1v) is 19.5. The quantitative estimate of drug-likeness (QED) is 0.112. The van der Waals surface area contributed by atoms with Gasteiger partial charge in [0.1, 0.15) is 41.2 Å². The average Bonchev–Trinajstić information content (AvgIpc) is 3.72. The summed E-state index contributed by atoms with van der Waals surface area (Å²) in [6.45, 7) is 7.15. The van der Waals surface area contributed by atoms with Crippen LogP contribution in [0.5, 0.6) is 11.8 Å². The molecule has 1 amide bonds. The van der Waals surface area contributed by atoms with Crippen LogP contribution in [0.15, 0.2) is 42.6 Å². The number of rotatable bonds is 7. The number of carbonyl (C=O) groups is 1. The molecule has 18 heteroatoms. The Morgan fingerprint density at radius 2 is 1.75 bits per heavy atom. The summed E-state index contributed by atoms with van der Waals surface area (Å²) in [6.07, 6.45) is 3.20. The Kier molecular flexibility index (Phi) is 9.02. The van der Waals surface area contributed by atoms with Crippen LogP contribution in [0.2, 0.25) is 0 Å². The Balaban J connectivity index is 1.22. The van der Waals surface area contributed by atoms with Gasteiger partial charge < -0.3 is 18.6 Å². The highest BCUT2D eigenvalue weighted by Gasteiger charge is 2.50. The Morgan fingerprint density at radius 1 is 1.02 bits per heavy atom. The van der Waals surface area contributed by atoms with Crippen LogP contribution in [0.4, 0.5) is 32.6 Å². The normalized spacial score (nSPS) is 24.5. The first-order valence-electron chi connectivity index (χ1n) is 18.1. The van der Waals surface area contributed by atoms with Crippen LogP contribution in [0.25, 0.3) is 32.9 Å². The third-order valence-corrected chi connectivity index (χ3v) is 11.8. The molecule has 4 saturated heterocycles. The number of halogens is 5. The third-order valence-electron chi connectivity index (χ3n) is 10.8. The number of hydrogen-bond acceptors (Lipinski definition) is 11. The fourth-order valence-corrected chi connectivity index (χ4v) is 9.00. The largest absolute Gasteiger partial charge is 0.534 e. The van der Waals surface area contributed by atoms with E-state index in [-0.39, 0.29) is 58.7 Å². The van der Waals surface area contributed by atoms with E-state index in [1.165, 1.54) is 12.3 Å². The molecule has 55 heavy (non-hydrogen) atoms. The lowest BCUT2D eigenvalue weighted by molar-refractivity contribution is -0.0500. The monoisotopic (exact) mass is 790 g/mol. The molecule has 0 unspecified atom stereocenters. The van der Waals surface area contributed by atoms with Crippen molar-refractivity contribution in [3.63, 3.8) is 0 Å². The number of ether oxygens (including phenoxy) is 2. The van der Waals surface area contributed by atoms with Gasteiger partial charge in [-0.3, -0.25) is 14.8 Å². The number of aromatic nitrogens is 3. The smallest absolute Gasteiger partial charge is 0.461 e. The minimum atomic E-state index is -6.05. The molecule has 2 aromatic heterocycles. The zero-order valence-electron chi connectivity index (χ0n) is 30.3. The van der Waals surface area contributed by atoms with Gasteiger partial charge >= 0.3 is 27.7 Å². The van der Waals surface area contributed by atoms with E-state index < -0.39 is 50.6 Å². The molecule has 0 saturated carbocycles. The van der Waals surface area contributed by atoms with Gasteiger partial charge in [-0.05, 0) is 75.9 Å². The van der Waals surface area contributed by atoms with Crippen molar-refractivity contribution >= 4 is 43.7 Å². The van der Waals surface area contributed by atoms with Gasteiger partial charge in [0.2, 0.25) is 0 Å². The molecule has 2 bridgehead atoms. The molecule has 0 N–H and O–H groups in total. The number of anilines is 1. The van der Waals surface area contributed by atoms with Crippen molar-refractivity contribution in [2.45, 2.75) is 87.8 Å². The van der Waals surface area contributed by atoms with E-state index >= 15 is 4.39 Å². The predicted molar refractivity (Wildman–Crippen MR) is 191 cm³/mol. The van der Waals surface area contributed by atoms with Crippen LogP contribution < -0.4 is 13.8 Å². The van der Waals surface area contributed by atoms with Crippen LogP contribution >= 0.6 is 0 Å². The zero-order valence-corrected chi connectivity index (χ0v) is 31.1. The van der Waals surface area contributed by atoms with Gasteiger partial charge in [0.05, 0.1) is 23.0 Å². The van der Waals surface area contributed by atoms with Gasteiger partial charge in [0.25, 0.3) is 0 Å². The van der Waals surface area contributed by atoms with Crippen LogP contribution in [-0.2, 0) is 14.9 Å². The second-order valence-corrected chi connectivity index (χ2v) is 17.3. The Morgan fingerprint density at radius 3 is 2.45 bits per heavy atom. The summed E-state index contributed by atoms with van der Waals surface area (Å²) in [5, 5.41) is 0.830. The molecule has 12 nitrogen and oxygen atoms in total. The van der Waals surface area contributed by atoms with Crippen LogP contribution in [0.1, 0.15) is 52.9 Å². The molecule has 0 radical (unpaired) electrons. The molecule has 294 valence electrons. The van der Waals surface area contributed by atoms with Crippen molar-refractivity contribution in [1.82, 2.24) is 24.8 Å². The number of pyridine rings is 1. The van der Waals surface area contributed by atoms with E-state index in [1.54, 1.807) is 43.9 Å². The highest BCUT2D eigenvalue weighted by atomic mass is 32.2. The minimum absolute atomic E-state index is 0.0445. The Labute approximate surface area is 313 Å². The maximum atomic E-state index is 17.1. The summed E-state index contributed by atoms with van der Waals surface area (Å²) >= 11 is 0. The van der Waals surface area contributed by atoms with Crippen molar-refractivity contribution < 1.29 is 48.8 Å². The fourth-order valence-electron chi connectivity index (χ4n) is 8.55. The first kappa shape index (κ1) is 37.3. The first-order chi connectivity index (χ1) is 25.9. The van der Waals surface area contributed by atoms with Gasteiger partial charge in [-0.2, -0.15) is 31.6 Å². The molecule has 4 aromatic rings. The summed E-state index contributed by atoms with van der Waals surface area (Å²) < 4.78 is 112. The lowest BCUT2D eigenvalue weighted by Crippen LogP contribution is -2.57. The summed E-state index contributed by atoms with van der Waals surface area (Å²) in [5.74, 6) is -1.36. The molecular weight excluding hydrogens is 752 g/mol. The maximum Gasteiger partial charge on any atom is 0.534 e. The summed E-state index contributed by atoms with van der Waals surface area (Å²) in [6, 6.07) is 7.78. The van der Waals surface area contributed by atoms with Gasteiger partial charge in [-0.1, -0.05) is 24.3 Å². The van der Waals surface area contributed by atoms with Crippen molar-refractivity contribution in [2.75, 3.05) is 37.7 Å². The number of benzene rings is 2. The van der Waals surface area contributed by atoms with Crippen LogP contribution in [-0.4, -0.2) is 107 Å². The molecule has 0 spiro atoms.